The number of amides is 2. The van der Waals surface area contributed by atoms with Crippen LogP contribution in [0.25, 0.3) is 5.65 Å². The largest absolute Gasteiger partial charge is 0.484 e. The number of methoxy groups -OCH3 is 1. The van der Waals surface area contributed by atoms with Gasteiger partial charge in [-0.15, -0.1) is 10.2 Å². The Labute approximate surface area is 288 Å². The van der Waals surface area contributed by atoms with Crippen LogP contribution in [0.5, 0.6) is 5.75 Å². The van der Waals surface area contributed by atoms with E-state index in [-0.39, 0.29) is 23.6 Å². The number of fused-ring (bicyclic) bond motifs is 2. The first kappa shape index (κ1) is 34.8. The minimum Gasteiger partial charge on any atom is -0.484 e. The summed E-state index contributed by atoms with van der Waals surface area (Å²) in [5.41, 5.74) is 4.37. The molecule has 12 nitrogen and oxygen atoms in total. The van der Waals surface area contributed by atoms with Crippen LogP contribution in [0.1, 0.15) is 87.9 Å². The number of anilines is 1. The number of rotatable bonds is 11. The molecule has 6 rings (SSSR count). The minimum atomic E-state index is -0.613. The number of pyridine rings is 2. The molecule has 2 amide bonds. The summed E-state index contributed by atoms with van der Waals surface area (Å²) in [6.45, 7) is 15.5. The Balaban J connectivity index is 1.12. The van der Waals surface area contributed by atoms with Crippen molar-refractivity contribution in [2.24, 2.45) is 0 Å². The van der Waals surface area contributed by atoms with E-state index in [0.29, 0.717) is 30.5 Å². The maximum absolute atomic E-state index is 13.5. The number of ether oxygens (including phenoxy) is 4. The van der Waals surface area contributed by atoms with E-state index in [0.717, 1.165) is 73.9 Å². The highest BCUT2D eigenvalue weighted by atomic mass is 16.5. The number of nitrogens with zero attached hydrogens (tertiary/aromatic N) is 5. The zero-order chi connectivity index (χ0) is 34.6. The van der Waals surface area contributed by atoms with Crippen molar-refractivity contribution >= 4 is 17.4 Å². The minimum absolute atomic E-state index is 0.169. The van der Waals surface area contributed by atoms with Gasteiger partial charge in [0.2, 0.25) is 0 Å². The number of urea groups is 1. The van der Waals surface area contributed by atoms with Crippen LogP contribution in [0.15, 0.2) is 54.7 Å². The monoisotopic (exact) mass is 671 g/mol. The first-order valence-electron chi connectivity index (χ1n) is 17.1. The van der Waals surface area contributed by atoms with Crippen LogP contribution in [0.4, 0.5) is 10.5 Å². The second-order valence-electron chi connectivity index (χ2n) is 14.3. The van der Waals surface area contributed by atoms with Crippen LogP contribution < -0.4 is 15.4 Å². The second-order valence-corrected chi connectivity index (χ2v) is 14.3. The number of carbonyl (C=O) groups is 1. The number of hydrogen-bond acceptors (Lipinski definition) is 9. The average molecular weight is 672 g/mol. The van der Waals surface area contributed by atoms with E-state index in [1.807, 2.05) is 60.8 Å². The lowest BCUT2D eigenvalue weighted by molar-refractivity contribution is 0.0106. The molecule has 0 saturated carbocycles. The number of morpholine rings is 1. The summed E-state index contributed by atoms with van der Waals surface area (Å²) < 4.78 is 25.6. The number of benzene rings is 1. The van der Waals surface area contributed by atoms with Crippen molar-refractivity contribution in [3.63, 3.8) is 0 Å². The van der Waals surface area contributed by atoms with Gasteiger partial charge in [-0.1, -0.05) is 45.0 Å². The zero-order valence-electron chi connectivity index (χ0n) is 29.5. The van der Waals surface area contributed by atoms with Crippen molar-refractivity contribution in [1.82, 2.24) is 29.8 Å². The van der Waals surface area contributed by atoms with Crippen molar-refractivity contribution < 1.29 is 23.7 Å². The molecule has 0 radical (unpaired) electrons. The van der Waals surface area contributed by atoms with Crippen molar-refractivity contribution in [3.05, 3.63) is 83.1 Å². The van der Waals surface area contributed by atoms with Gasteiger partial charge in [0.15, 0.2) is 11.5 Å². The Bertz CT molecular complexity index is 1740. The smallest absolute Gasteiger partial charge is 0.319 e. The third-order valence-electron chi connectivity index (χ3n) is 9.25. The van der Waals surface area contributed by atoms with Crippen LogP contribution in [-0.2, 0) is 31.8 Å². The van der Waals surface area contributed by atoms with Crippen LogP contribution in [0, 0.1) is 0 Å². The van der Waals surface area contributed by atoms with Crippen LogP contribution in [-0.4, -0.2) is 77.1 Å². The SMILES string of the molecule is COC(C)(C)c1nnc2ccc(O[C@@H]3CC[C@H](NC(=O)Nc4cc(COCCN5CCOCC5)nc(C(C)(C)C)c4)c4ccccc43)cn12. The standard InChI is InChI=1S/C37H49N7O5/c1-36(2,3)32-22-25(21-26(38-32)24-48-20-17-43-15-18-47-19-16-43)39-35(45)40-30-12-13-31(29-10-8-7-9-28(29)30)49-27-11-14-33-41-42-34(44(33)23-27)37(4,5)46-6/h7-11,14,21-23,30-31H,12-13,15-20,24H2,1-6H3,(H2,38,39,40,45)/t30-,31+/m0/s1. The molecule has 1 aliphatic heterocycles. The normalized spacial score (nSPS) is 18.7. The highest BCUT2D eigenvalue weighted by Crippen LogP contribution is 2.39. The lowest BCUT2D eigenvalue weighted by Gasteiger charge is -2.32. The molecular weight excluding hydrogens is 622 g/mol. The number of aromatic nitrogens is 4. The fourth-order valence-corrected chi connectivity index (χ4v) is 6.27. The molecule has 3 aromatic heterocycles. The molecule has 0 spiro atoms. The van der Waals surface area contributed by atoms with Gasteiger partial charge in [-0.2, -0.15) is 0 Å². The Morgan fingerprint density at radius 2 is 1.78 bits per heavy atom. The molecule has 49 heavy (non-hydrogen) atoms. The van der Waals surface area contributed by atoms with Crippen molar-refractivity contribution in [2.45, 2.75) is 77.2 Å². The summed E-state index contributed by atoms with van der Waals surface area (Å²) in [6, 6.07) is 15.4. The summed E-state index contributed by atoms with van der Waals surface area (Å²) in [5.74, 6) is 1.40. The molecule has 1 fully saturated rings. The second kappa shape index (κ2) is 14.8. The molecule has 2 aliphatic rings. The van der Waals surface area contributed by atoms with E-state index in [9.17, 15) is 4.79 Å². The fraction of sp³-hybridized carbons (Fsp3) is 0.514. The molecule has 262 valence electrons. The van der Waals surface area contributed by atoms with E-state index >= 15 is 0 Å². The van der Waals surface area contributed by atoms with E-state index in [1.165, 1.54) is 0 Å². The van der Waals surface area contributed by atoms with Crippen molar-refractivity contribution in [1.29, 1.82) is 0 Å². The van der Waals surface area contributed by atoms with Gasteiger partial charge in [0.05, 0.1) is 44.4 Å². The highest BCUT2D eigenvalue weighted by molar-refractivity contribution is 5.89. The van der Waals surface area contributed by atoms with Gasteiger partial charge < -0.3 is 29.6 Å². The predicted molar refractivity (Wildman–Crippen MR) is 187 cm³/mol. The van der Waals surface area contributed by atoms with Gasteiger partial charge in [-0.05, 0) is 62.1 Å². The highest BCUT2D eigenvalue weighted by Gasteiger charge is 2.31. The molecule has 0 unspecified atom stereocenters. The van der Waals surface area contributed by atoms with Crippen LogP contribution in [0.2, 0.25) is 0 Å². The summed E-state index contributed by atoms with van der Waals surface area (Å²) in [7, 11) is 1.66. The van der Waals surface area contributed by atoms with E-state index < -0.39 is 5.60 Å². The first-order valence-corrected chi connectivity index (χ1v) is 17.1. The molecule has 2 N–H and O–H groups in total. The Kier molecular flexibility index (Phi) is 10.5. The quantitative estimate of drug-likeness (QED) is 0.187. The molecule has 1 saturated heterocycles. The Morgan fingerprint density at radius 1 is 1.00 bits per heavy atom. The molecule has 2 atom stereocenters. The van der Waals surface area contributed by atoms with Gasteiger partial charge in [-0.3, -0.25) is 14.3 Å². The number of hydrogen-bond donors (Lipinski definition) is 2. The fourth-order valence-electron chi connectivity index (χ4n) is 6.27. The summed E-state index contributed by atoms with van der Waals surface area (Å²) >= 11 is 0. The molecule has 0 bridgehead atoms. The van der Waals surface area contributed by atoms with Crippen LogP contribution in [0.3, 0.4) is 0 Å². The van der Waals surface area contributed by atoms with Crippen molar-refractivity contribution in [3.8, 4) is 5.75 Å². The maximum Gasteiger partial charge on any atom is 0.319 e. The average Bonchev–Trinajstić information content (AvgIpc) is 3.52. The molecule has 4 heterocycles. The number of carbonyl (C=O) groups excluding carboxylic acids is 1. The molecule has 1 aliphatic carbocycles. The van der Waals surface area contributed by atoms with E-state index in [4.69, 9.17) is 23.9 Å². The Hall–Kier alpha value is -4.10. The lowest BCUT2D eigenvalue weighted by Crippen LogP contribution is -2.38. The summed E-state index contributed by atoms with van der Waals surface area (Å²) in [6.07, 6.45) is 3.19. The van der Waals surface area contributed by atoms with Gasteiger partial charge in [0.1, 0.15) is 17.5 Å². The predicted octanol–water partition coefficient (Wildman–Crippen LogP) is 5.93. The number of nitrogens with one attached hydrogen (secondary N) is 2. The zero-order valence-corrected chi connectivity index (χ0v) is 29.5. The molecule has 1 aromatic carbocycles. The van der Waals surface area contributed by atoms with Gasteiger partial charge in [-0.25, -0.2) is 4.79 Å². The van der Waals surface area contributed by atoms with E-state index in [1.54, 1.807) is 7.11 Å². The van der Waals surface area contributed by atoms with Gasteiger partial charge in [0.25, 0.3) is 0 Å². The molecule has 12 heteroatoms. The van der Waals surface area contributed by atoms with Gasteiger partial charge in [0, 0.05) is 43.5 Å². The molecular formula is C37H49N7O5. The maximum atomic E-state index is 13.5. The first-order chi connectivity index (χ1) is 23.5. The summed E-state index contributed by atoms with van der Waals surface area (Å²) in [4.78, 5) is 20.7. The topological polar surface area (TPSA) is 124 Å². The third-order valence-corrected chi connectivity index (χ3v) is 9.25. The summed E-state index contributed by atoms with van der Waals surface area (Å²) in [5, 5.41) is 14.9. The van der Waals surface area contributed by atoms with Crippen molar-refractivity contribution in [2.75, 3.05) is 51.9 Å². The third kappa shape index (κ3) is 8.38. The lowest BCUT2D eigenvalue weighted by atomic mass is 9.85. The van der Waals surface area contributed by atoms with Gasteiger partial charge >= 0.3 is 6.03 Å². The molecule has 4 aromatic rings. The Morgan fingerprint density at radius 3 is 2.53 bits per heavy atom. The van der Waals surface area contributed by atoms with Crippen LogP contribution >= 0.6 is 0 Å². The van der Waals surface area contributed by atoms with E-state index in [2.05, 4.69) is 58.6 Å².